The maximum Gasteiger partial charge on any atom is 0.417 e. The van der Waals surface area contributed by atoms with Gasteiger partial charge in [-0.2, -0.15) is 13.2 Å². The van der Waals surface area contributed by atoms with Crippen molar-refractivity contribution in [1.82, 2.24) is 10.1 Å². The zero-order valence-electron chi connectivity index (χ0n) is 13.4. The fraction of sp³-hybridized carbons (Fsp3) is 0.412. The van der Waals surface area contributed by atoms with E-state index in [9.17, 15) is 18.0 Å². The van der Waals surface area contributed by atoms with Crippen molar-refractivity contribution in [3.63, 3.8) is 0 Å². The molecule has 0 spiro atoms. The highest BCUT2D eigenvalue weighted by atomic mass is 35.5. The van der Waals surface area contributed by atoms with Crippen molar-refractivity contribution in [2.45, 2.75) is 31.9 Å². The lowest BCUT2D eigenvalue weighted by Crippen LogP contribution is -2.38. The first kappa shape index (κ1) is 17.8. The molecule has 1 saturated heterocycles. The van der Waals surface area contributed by atoms with Gasteiger partial charge in [-0.25, -0.2) is 0 Å². The van der Waals surface area contributed by atoms with E-state index in [-0.39, 0.29) is 17.4 Å². The van der Waals surface area contributed by atoms with Gasteiger partial charge in [0.05, 0.1) is 16.3 Å². The molecule has 1 aromatic heterocycles. The number of aryl methyl sites for hydroxylation is 1. The molecule has 1 aliphatic rings. The molecule has 0 atom stereocenters. The topological polar surface area (TPSA) is 46.3 Å². The number of alkyl halides is 3. The summed E-state index contributed by atoms with van der Waals surface area (Å²) in [5, 5.41) is 3.54. The number of benzene rings is 1. The zero-order valence-corrected chi connectivity index (χ0v) is 14.2. The minimum atomic E-state index is -4.53. The quantitative estimate of drug-likeness (QED) is 0.769. The first-order valence-electron chi connectivity index (χ1n) is 7.85. The lowest BCUT2D eigenvalue weighted by Gasteiger charge is -2.31. The first-order chi connectivity index (χ1) is 11.8. The Labute approximate surface area is 147 Å². The fourth-order valence-corrected chi connectivity index (χ4v) is 3.30. The Bertz CT molecular complexity index is 780. The van der Waals surface area contributed by atoms with Crippen molar-refractivity contribution in [3.8, 4) is 0 Å². The van der Waals surface area contributed by atoms with Gasteiger partial charge in [-0.3, -0.25) is 4.79 Å². The number of amides is 1. The Kier molecular flexibility index (Phi) is 4.77. The Morgan fingerprint density at radius 3 is 2.48 bits per heavy atom. The summed E-state index contributed by atoms with van der Waals surface area (Å²) in [6.45, 7) is 2.84. The molecule has 2 heterocycles. The molecule has 0 saturated carbocycles. The molecular formula is C17H16ClF3N2O2. The Morgan fingerprint density at radius 2 is 1.96 bits per heavy atom. The van der Waals surface area contributed by atoms with Gasteiger partial charge in [-0.1, -0.05) is 16.8 Å². The summed E-state index contributed by atoms with van der Waals surface area (Å²) in [4.78, 5) is 14.1. The van der Waals surface area contributed by atoms with Crippen molar-refractivity contribution in [1.29, 1.82) is 0 Å². The van der Waals surface area contributed by atoms with Gasteiger partial charge in [0.25, 0.3) is 5.91 Å². The normalized spacial score (nSPS) is 16.3. The molecule has 25 heavy (non-hydrogen) atoms. The molecule has 1 fully saturated rings. The molecule has 0 unspecified atom stereocenters. The molecule has 1 aliphatic heterocycles. The minimum absolute atomic E-state index is 0.161. The summed E-state index contributed by atoms with van der Waals surface area (Å²) >= 11 is 5.69. The Hall–Kier alpha value is -2.02. The third-order valence-electron chi connectivity index (χ3n) is 4.37. The molecule has 0 radical (unpaired) electrons. The Morgan fingerprint density at radius 1 is 1.28 bits per heavy atom. The van der Waals surface area contributed by atoms with E-state index in [2.05, 4.69) is 5.16 Å². The highest BCUT2D eigenvalue weighted by Crippen LogP contribution is 2.35. The van der Waals surface area contributed by atoms with Crippen LogP contribution in [-0.2, 0) is 6.18 Å². The van der Waals surface area contributed by atoms with Gasteiger partial charge in [-0.15, -0.1) is 0 Å². The van der Waals surface area contributed by atoms with Crippen LogP contribution in [0, 0.1) is 6.92 Å². The van der Waals surface area contributed by atoms with Crippen molar-refractivity contribution >= 4 is 17.5 Å². The number of nitrogens with zero attached hydrogens (tertiary/aromatic N) is 2. The summed E-state index contributed by atoms with van der Waals surface area (Å²) in [5.74, 6) is 0.649. The molecular weight excluding hydrogens is 357 g/mol. The average molecular weight is 373 g/mol. The number of likely N-dealkylation sites (tertiary alicyclic amines) is 1. The smallest absolute Gasteiger partial charge is 0.361 e. The number of rotatable bonds is 2. The maximum absolute atomic E-state index is 12.7. The fourth-order valence-electron chi connectivity index (χ4n) is 3.02. The van der Waals surface area contributed by atoms with Gasteiger partial charge in [0.1, 0.15) is 5.76 Å². The largest absolute Gasteiger partial charge is 0.417 e. The average Bonchev–Trinajstić information content (AvgIpc) is 2.99. The number of carbonyl (C=O) groups excluding carboxylic acids is 1. The van der Waals surface area contributed by atoms with Crippen LogP contribution in [-0.4, -0.2) is 29.1 Å². The van der Waals surface area contributed by atoms with E-state index in [0.29, 0.717) is 13.1 Å². The van der Waals surface area contributed by atoms with E-state index >= 15 is 0 Å². The van der Waals surface area contributed by atoms with Gasteiger partial charge in [0.2, 0.25) is 0 Å². The molecule has 0 aliphatic carbocycles. The van der Waals surface area contributed by atoms with Crippen LogP contribution in [0.5, 0.6) is 0 Å². The summed E-state index contributed by atoms with van der Waals surface area (Å²) in [6.07, 6.45) is -3.08. The van der Waals surface area contributed by atoms with Crippen LogP contribution in [0.2, 0.25) is 5.02 Å². The van der Waals surface area contributed by atoms with Crippen LogP contribution in [0.25, 0.3) is 0 Å². The molecule has 2 aromatic rings. The van der Waals surface area contributed by atoms with Crippen molar-refractivity contribution in [3.05, 3.63) is 51.9 Å². The molecule has 4 nitrogen and oxygen atoms in total. The van der Waals surface area contributed by atoms with Gasteiger partial charge >= 0.3 is 6.18 Å². The summed E-state index contributed by atoms with van der Waals surface area (Å²) in [5.41, 5.74) is 0.0988. The second-order valence-electron chi connectivity index (χ2n) is 6.12. The second-order valence-corrected chi connectivity index (χ2v) is 6.53. The lowest BCUT2D eigenvalue weighted by atomic mass is 9.93. The highest BCUT2D eigenvalue weighted by molar-refractivity contribution is 6.31. The summed E-state index contributed by atoms with van der Waals surface area (Å²) in [6, 6.07) is 4.99. The summed E-state index contributed by atoms with van der Waals surface area (Å²) in [7, 11) is 0. The third-order valence-corrected chi connectivity index (χ3v) is 4.68. The Balaban J connectivity index is 1.67. The molecule has 0 bridgehead atoms. The first-order valence-corrected chi connectivity index (χ1v) is 8.22. The van der Waals surface area contributed by atoms with Gasteiger partial charge < -0.3 is 9.42 Å². The molecule has 1 amide bonds. The number of hydrogen-bond acceptors (Lipinski definition) is 3. The summed E-state index contributed by atoms with van der Waals surface area (Å²) < 4.78 is 43.3. The maximum atomic E-state index is 12.7. The van der Waals surface area contributed by atoms with Crippen molar-refractivity contribution in [2.75, 3.05) is 13.1 Å². The second kappa shape index (κ2) is 6.71. The number of piperidine rings is 1. The zero-order chi connectivity index (χ0) is 18.2. The molecule has 134 valence electrons. The van der Waals surface area contributed by atoms with E-state index in [1.165, 1.54) is 6.07 Å². The van der Waals surface area contributed by atoms with E-state index < -0.39 is 16.8 Å². The van der Waals surface area contributed by atoms with E-state index in [0.717, 1.165) is 36.4 Å². The SMILES string of the molecule is Cc1cc(C2CCN(C(=O)c3ccc(C(F)(F)F)c(Cl)c3)CC2)no1. The number of carbonyl (C=O) groups is 1. The molecule has 1 aromatic carbocycles. The van der Waals surface area contributed by atoms with Crippen LogP contribution in [0.3, 0.4) is 0 Å². The van der Waals surface area contributed by atoms with Gasteiger partial charge in [-0.05, 0) is 38.0 Å². The van der Waals surface area contributed by atoms with Crippen LogP contribution in [0.15, 0.2) is 28.8 Å². The van der Waals surface area contributed by atoms with Gasteiger partial charge in [0, 0.05) is 30.6 Å². The van der Waals surface area contributed by atoms with Crippen LogP contribution >= 0.6 is 11.6 Å². The predicted molar refractivity (Wildman–Crippen MR) is 85.6 cm³/mol. The number of hydrogen-bond donors (Lipinski definition) is 0. The molecule has 8 heteroatoms. The van der Waals surface area contributed by atoms with Crippen molar-refractivity contribution < 1.29 is 22.5 Å². The minimum Gasteiger partial charge on any atom is -0.361 e. The van der Waals surface area contributed by atoms with Crippen LogP contribution in [0.4, 0.5) is 13.2 Å². The van der Waals surface area contributed by atoms with Crippen LogP contribution in [0.1, 0.15) is 46.1 Å². The van der Waals surface area contributed by atoms with E-state index in [4.69, 9.17) is 16.1 Å². The van der Waals surface area contributed by atoms with Crippen LogP contribution < -0.4 is 0 Å². The molecule has 0 N–H and O–H groups in total. The van der Waals surface area contributed by atoms with Crippen molar-refractivity contribution in [2.24, 2.45) is 0 Å². The monoisotopic (exact) mass is 372 g/mol. The lowest BCUT2D eigenvalue weighted by molar-refractivity contribution is -0.137. The van der Waals surface area contributed by atoms with E-state index in [1.807, 2.05) is 13.0 Å². The third kappa shape index (κ3) is 3.81. The predicted octanol–water partition coefficient (Wildman–Crippen LogP) is 4.68. The van der Waals surface area contributed by atoms with Gasteiger partial charge in [0.15, 0.2) is 0 Å². The van der Waals surface area contributed by atoms with E-state index in [1.54, 1.807) is 4.90 Å². The highest BCUT2D eigenvalue weighted by Gasteiger charge is 2.34. The standard InChI is InChI=1S/C17H16ClF3N2O2/c1-10-8-15(22-25-10)11-4-6-23(7-5-11)16(24)12-2-3-13(14(18)9-12)17(19,20)21/h2-3,8-9,11H,4-7H2,1H3. The number of halogens is 4. The molecule has 3 rings (SSSR count). The number of aromatic nitrogens is 1.